The largest absolute Gasteiger partial charge is 0.299 e. The molecule has 2 nitrogen and oxygen atoms in total. The van der Waals surface area contributed by atoms with Crippen LogP contribution in [0, 0.1) is 34.9 Å². The van der Waals surface area contributed by atoms with Gasteiger partial charge in [-0.25, -0.2) is 4.39 Å². The van der Waals surface area contributed by atoms with E-state index in [1.807, 2.05) is 12.3 Å². The van der Waals surface area contributed by atoms with Crippen molar-refractivity contribution in [2.24, 2.45) is 29.1 Å². The van der Waals surface area contributed by atoms with Gasteiger partial charge in [0.1, 0.15) is 11.6 Å². The highest BCUT2D eigenvalue weighted by atomic mass is 19.1. The highest BCUT2D eigenvalue weighted by molar-refractivity contribution is 5.92. The second-order valence-electron chi connectivity index (χ2n) is 10.1. The van der Waals surface area contributed by atoms with E-state index >= 15 is 0 Å². The fraction of sp³-hybridized carbons (Fsp3) is 0.520. The summed E-state index contributed by atoms with van der Waals surface area (Å²) in [5.41, 5.74) is 3.34. The van der Waals surface area contributed by atoms with Gasteiger partial charge >= 0.3 is 0 Å². The molecule has 1 aromatic carbocycles. The third-order valence-corrected chi connectivity index (χ3v) is 6.65. The first-order chi connectivity index (χ1) is 13.2. The fourth-order valence-corrected chi connectivity index (χ4v) is 5.20. The summed E-state index contributed by atoms with van der Waals surface area (Å²) in [5.74, 6) is 2.00. The van der Waals surface area contributed by atoms with Gasteiger partial charge in [0.2, 0.25) is 0 Å². The van der Waals surface area contributed by atoms with Crippen molar-refractivity contribution in [3.8, 4) is 0 Å². The van der Waals surface area contributed by atoms with Crippen LogP contribution in [0.2, 0.25) is 0 Å². The number of fused-ring (bicyclic) bond motifs is 2. The smallest absolute Gasteiger partial charge is 0.136 e. The second kappa shape index (κ2) is 7.09. The minimum absolute atomic E-state index is 0.0601. The summed E-state index contributed by atoms with van der Waals surface area (Å²) in [6, 6.07) is 6.84. The van der Waals surface area contributed by atoms with E-state index in [-0.39, 0.29) is 17.2 Å². The van der Waals surface area contributed by atoms with Crippen LogP contribution in [-0.4, -0.2) is 10.8 Å². The van der Waals surface area contributed by atoms with Crippen molar-refractivity contribution in [2.45, 2.75) is 53.4 Å². The van der Waals surface area contributed by atoms with Crippen molar-refractivity contribution in [3.05, 3.63) is 47.9 Å². The summed E-state index contributed by atoms with van der Waals surface area (Å²) in [6.07, 6.45) is 8.13. The Kier molecular flexibility index (Phi) is 4.89. The molecule has 3 heteroatoms. The van der Waals surface area contributed by atoms with Crippen LogP contribution in [0.5, 0.6) is 0 Å². The van der Waals surface area contributed by atoms with E-state index in [2.05, 4.69) is 38.8 Å². The summed E-state index contributed by atoms with van der Waals surface area (Å²) < 4.78 is 13.8. The molecule has 4 atom stereocenters. The Labute approximate surface area is 167 Å². The number of aromatic nitrogens is 1. The van der Waals surface area contributed by atoms with E-state index in [9.17, 15) is 9.18 Å². The van der Waals surface area contributed by atoms with Crippen LogP contribution >= 0.6 is 0 Å². The van der Waals surface area contributed by atoms with Crippen molar-refractivity contribution in [1.82, 2.24) is 4.98 Å². The molecule has 1 heterocycles. The first-order valence-electron chi connectivity index (χ1n) is 10.5. The highest BCUT2D eigenvalue weighted by Gasteiger charge is 2.41. The van der Waals surface area contributed by atoms with Crippen molar-refractivity contribution in [2.75, 3.05) is 0 Å². The quantitative estimate of drug-likeness (QED) is 0.611. The molecule has 1 fully saturated rings. The Morgan fingerprint density at radius 3 is 2.75 bits per heavy atom. The molecule has 28 heavy (non-hydrogen) atoms. The van der Waals surface area contributed by atoms with Crippen LogP contribution in [0.15, 0.2) is 36.5 Å². The van der Waals surface area contributed by atoms with Crippen LogP contribution in [0.3, 0.4) is 0 Å². The van der Waals surface area contributed by atoms with Gasteiger partial charge < -0.3 is 0 Å². The molecule has 1 saturated carbocycles. The predicted molar refractivity (Wildman–Crippen MR) is 112 cm³/mol. The molecule has 4 rings (SSSR count). The average molecular weight is 380 g/mol. The Morgan fingerprint density at radius 2 is 2.04 bits per heavy atom. The lowest BCUT2D eigenvalue weighted by molar-refractivity contribution is -0.125. The normalized spacial score (nSPS) is 25.6. The predicted octanol–water partition coefficient (Wildman–Crippen LogP) is 6.44. The first kappa shape index (κ1) is 19.3. The van der Waals surface area contributed by atoms with Crippen molar-refractivity contribution < 1.29 is 9.18 Å². The van der Waals surface area contributed by atoms with E-state index in [4.69, 9.17) is 0 Å². The molecule has 0 amide bonds. The molecule has 0 spiro atoms. The van der Waals surface area contributed by atoms with Gasteiger partial charge in [0, 0.05) is 23.9 Å². The molecule has 1 unspecified atom stereocenters. The Bertz CT molecular complexity index is 939. The summed E-state index contributed by atoms with van der Waals surface area (Å²) in [5, 5.41) is 0.902. The number of benzene rings is 1. The molecule has 2 aliphatic carbocycles. The van der Waals surface area contributed by atoms with E-state index in [0.717, 1.165) is 35.7 Å². The van der Waals surface area contributed by atoms with Crippen LogP contribution in [0.25, 0.3) is 16.5 Å². The summed E-state index contributed by atoms with van der Waals surface area (Å²) in [7, 11) is 0. The Balaban J connectivity index is 1.51. The molecule has 0 N–H and O–H groups in total. The van der Waals surface area contributed by atoms with Gasteiger partial charge in [-0.15, -0.1) is 0 Å². The van der Waals surface area contributed by atoms with Crippen LogP contribution < -0.4 is 0 Å². The number of pyridine rings is 1. The molecule has 0 aliphatic heterocycles. The third kappa shape index (κ3) is 3.76. The number of allylic oxidation sites excluding steroid dienone is 2. The average Bonchev–Trinajstić information content (AvgIpc) is 3.18. The lowest BCUT2D eigenvalue weighted by Crippen LogP contribution is -2.24. The monoisotopic (exact) mass is 379 g/mol. The first-order valence-corrected chi connectivity index (χ1v) is 10.5. The number of hydrogen-bond donors (Lipinski definition) is 0. The maximum absolute atomic E-state index is 13.8. The Hall–Kier alpha value is -2.03. The number of rotatable bonds is 4. The fourth-order valence-electron chi connectivity index (χ4n) is 5.20. The maximum atomic E-state index is 13.8. The van der Waals surface area contributed by atoms with E-state index in [1.54, 1.807) is 12.1 Å². The number of nitrogens with zero attached hydrogens (tertiary/aromatic N) is 1. The van der Waals surface area contributed by atoms with Gasteiger partial charge in [-0.2, -0.15) is 0 Å². The molecule has 1 aromatic heterocycles. The van der Waals surface area contributed by atoms with Crippen molar-refractivity contribution in [3.63, 3.8) is 0 Å². The van der Waals surface area contributed by atoms with E-state index in [1.165, 1.54) is 11.6 Å². The second-order valence-corrected chi connectivity index (χ2v) is 10.1. The summed E-state index contributed by atoms with van der Waals surface area (Å²) in [6.45, 7) is 8.54. The minimum atomic E-state index is -0.216. The summed E-state index contributed by atoms with van der Waals surface area (Å²) >= 11 is 0. The number of carbonyl (C=O) groups excluding carboxylic acids is 1. The lowest BCUT2D eigenvalue weighted by Gasteiger charge is -2.24. The maximum Gasteiger partial charge on any atom is 0.136 e. The van der Waals surface area contributed by atoms with Gasteiger partial charge in [0.25, 0.3) is 0 Å². The Morgan fingerprint density at radius 1 is 1.25 bits per heavy atom. The molecule has 2 aliphatic rings. The highest BCUT2D eigenvalue weighted by Crippen LogP contribution is 2.51. The minimum Gasteiger partial charge on any atom is -0.299 e. The standard InChI is InChI=1S/C25H30FNO/c1-15(24(28)14-25(2,3)4)16-9-17-11-19(12-18(17)10-16)21-7-8-27-23-6-5-20(26)13-22(21)23/h5-8,11,13,15-18H,9-10,12,14H2,1-4H3/t15?,16-,17+,18-/m1/s1. The van der Waals surface area contributed by atoms with Gasteiger partial charge in [-0.3, -0.25) is 9.78 Å². The van der Waals surface area contributed by atoms with Crippen LogP contribution in [-0.2, 0) is 4.79 Å². The molecule has 0 saturated heterocycles. The SMILES string of the molecule is CC(C(=O)CC(C)(C)C)[C@H]1C[C@@H]2CC(c3ccnc4ccc(F)cc34)=C[C@@H]2C1. The van der Waals surface area contributed by atoms with Gasteiger partial charge in [0.15, 0.2) is 0 Å². The topological polar surface area (TPSA) is 30.0 Å². The molecule has 2 aromatic rings. The van der Waals surface area contributed by atoms with Gasteiger partial charge in [-0.1, -0.05) is 33.8 Å². The third-order valence-electron chi connectivity index (χ3n) is 6.65. The molecule has 0 radical (unpaired) electrons. The van der Waals surface area contributed by atoms with Gasteiger partial charge in [-0.05, 0) is 77.8 Å². The van der Waals surface area contributed by atoms with Crippen LogP contribution in [0.4, 0.5) is 4.39 Å². The zero-order valence-electron chi connectivity index (χ0n) is 17.3. The zero-order chi connectivity index (χ0) is 20.1. The molecule has 0 bridgehead atoms. The molecular weight excluding hydrogens is 349 g/mol. The molecular formula is C25H30FNO. The number of hydrogen-bond acceptors (Lipinski definition) is 2. The zero-order valence-corrected chi connectivity index (χ0v) is 17.3. The van der Waals surface area contributed by atoms with E-state index < -0.39 is 0 Å². The molecule has 148 valence electrons. The number of carbonyl (C=O) groups is 1. The van der Waals surface area contributed by atoms with Crippen molar-refractivity contribution in [1.29, 1.82) is 0 Å². The summed E-state index contributed by atoms with van der Waals surface area (Å²) in [4.78, 5) is 17.1. The number of Topliss-reactive ketones (excluding diaryl/α,β-unsaturated/α-hetero) is 1. The van der Waals surface area contributed by atoms with E-state index in [0.29, 0.717) is 30.0 Å². The number of ketones is 1. The number of halogens is 1. The lowest BCUT2D eigenvalue weighted by atomic mass is 9.80. The van der Waals surface area contributed by atoms with Crippen LogP contribution in [0.1, 0.15) is 58.9 Å². The van der Waals surface area contributed by atoms with Gasteiger partial charge in [0.05, 0.1) is 5.52 Å². The van der Waals surface area contributed by atoms with Crippen molar-refractivity contribution >= 4 is 22.3 Å².